The summed E-state index contributed by atoms with van der Waals surface area (Å²) in [4.78, 5) is 23.6. The molecule has 1 rings (SSSR count). The summed E-state index contributed by atoms with van der Waals surface area (Å²) in [5.41, 5.74) is -0.550. The van der Waals surface area contributed by atoms with E-state index in [1.807, 2.05) is 0 Å². The van der Waals surface area contributed by atoms with Gasteiger partial charge in [0.25, 0.3) is 0 Å². The molecule has 1 saturated heterocycles. The predicted octanol–water partition coefficient (Wildman–Crippen LogP) is 1.90. The van der Waals surface area contributed by atoms with E-state index in [9.17, 15) is 9.59 Å². The van der Waals surface area contributed by atoms with Crippen molar-refractivity contribution < 1.29 is 19.1 Å². The van der Waals surface area contributed by atoms with Gasteiger partial charge in [0.05, 0.1) is 6.04 Å². The molecule has 1 amide bonds. The molecule has 0 aromatic carbocycles. The van der Waals surface area contributed by atoms with Gasteiger partial charge in [0.2, 0.25) is 0 Å². The maximum atomic E-state index is 12.1. The maximum absolute atomic E-state index is 12.1. The quantitative estimate of drug-likeness (QED) is 0.838. The zero-order valence-electron chi connectivity index (χ0n) is 11.6. The summed E-state index contributed by atoms with van der Waals surface area (Å²) in [7, 11) is 0. The average Bonchev–Trinajstić information content (AvgIpc) is 2.26. The number of carbonyl (C=O) groups is 2. The summed E-state index contributed by atoms with van der Waals surface area (Å²) < 4.78 is 10.3. The van der Waals surface area contributed by atoms with E-state index in [1.54, 1.807) is 27.7 Å². The van der Waals surface area contributed by atoms with Gasteiger partial charge in [-0.3, -0.25) is 4.79 Å². The van der Waals surface area contributed by atoms with E-state index in [4.69, 9.17) is 9.47 Å². The van der Waals surface area contributed by atoms with Crippen LogP contribution >= 0.6 is 0 Å². The average molecular weight is 257 g/mol. The molecule has 5 nitrogen and oxygen atoms in total. The Hall–Kier alpha value is -1.10. The summed E-state index contributed by atoms with van der Waals surface area (Å²) in [5, 5.41) is 2.58. The lowest BCUT2D eigenvalue weighted by molar-refractivity contribution is -0.127. The second-order valence-corrected chi connectivity index (χ2v) is 5.66. The summed E-state index contributed by atoms with van der Waals surface area (Å²) >= 11 is 0. The minimum Gasteiger partial charge on any atom is -0.444 e. The Morgan fingerprint density at radius 2 is 1.83 bits per heavy atom. The summed E-state index contributed by atoms with van der Waals surface area (Å²) in [6.45, 7) is 8.31. The van der Waals surface area contributed by atoms with E-state index in [1.165, 1.54) is 0 Å². The normalized spacial score (nSPS) is 19.1. The number of ketones is 1. The highest BCUT2D eigenvalue weighted by Crippen LogP contribution is 2.17. The van der Waals surface area contributed by atoms with Crippen LogP contribution in [-0.4, -0.2) is 36.7 Å². The first-order valence-electron chi connectivity index (χ1n) is 6.40. The summed E-state index contributed by atoms with van der Waals surface area (Å²) in [5.74, 6) is 0.0489. The summed E-state index contributed by atoms with van der Waals surface area (Å²) in [6.07, 6.45) is 0.925. The van der Waals surface area contributed by atoms with Crippen LogP contribution in [0, 0.1) is 5.92 Å². The van der Waals surface area contributed by atoms with Crippen LogP contribution in [0.2, 0.25) is 0 Å². The van der Waals surface area contributed by atoms with Gasteiger partial charge in [-0.25, -0.2) is 4.79 Å². The fraction of sp³-hybridized carbons (Fsp3) is 0.846. The van der Waals surface area contributed by atoms with Gasteiger partial charge < -0.3 is 14.8 Å². The molecule has 18 heavy (non-hydrogen) atoms. The number of hydrogen-bond donors (Lipinski definition) is 1. The van der Waals surface area contributed by atoms with Gasteiger partial charge in [0.15, 0.2) is 5.78 Å². The number of amides is 1. The molecule has 0 unspecified atom stereocenters. The van der Waals surface area contributed by atoms with E-state index < -0.39 is 17.7 Å². The van der Waals surface area contributed by atoms with Crippen molar-refractivity contribution in [1.82, 2.24) is 5.32 Å². The van der Waals surface area contributed by atoms with E-state index >= 15 is 0 Å². The molecule has 0 aromatic rings. The standard InChI is InChI=1S/C13H23NO4/c1-9(14-12(16)18-13(2,3)4)11(15)10-5-7-17-8-6-10/h9-10H,5-8H2,1-4H3,(H,14,16)/t9-/m0/s1. The van der Waals surface area contributed by atoms with Crippen LogP contribution in [-0.2, 0) is 14.3 Å². The van der Waals surface area contributed by atoms with Gasteiger partial charge in [-0.05, 0) is 40.5 Å². The third kappa shape index (κ3) is 5.04. The second kappa shape index (κ2) is 6.18. The zero-order valence-corrected chi connectivity index (χ0v) is 11.6. The highest BCUT2D eigenvalue weighted by Gasteiger charge is 2.28. The Morgan fingerprint density at radius 3 is 2.33 bits per heavy atom. The van der Waals surface area contributed by atoms with Crippen LogP contribution in [0.15, 0.2) is 0 Å². The molecular formula is C13H23NO4. The van der Waals surface area contributed by atoms with Gasteiger partial charge in [-0.15, -0.1) is 0 Å². The van der Waals surface area contributed by atoms with Crippen molar-refractivity contribution in [3.05, 3.63) is 0 Å². The topological polar surface area (TPSA) is 64.6 Å². The van der Waals surface area contributed by atoms with Crippen molar-refractivity contribution in [3.63, 3.8) is 0 Å². The van der Waals surface area contributed by atoms with Crippen molar-refractivity contribution in [3.8, 4) is 0 Å². The molecule has 1 heterocycles. The highest BCUT2D eigenvalue weighted by atomic mass is 16.6. The Labute approximate surface area is 108 Å². The minimum absolute atomic E-state index is 0.0105. The number of nitrogens with one attached hydrogen (secondary N) is 1. The number of hydrogen-bond acceptors (Lipinski definition) is 4. The Morgan fingerprint density at radius 1 is 1.28 bits per heavy atom. The molecule has 1 N–H and O–H groups in total. The number of ether oxygens (including phenoxy) is 2. The lowest BCUT2D eigenvalue weighted by Gasteiger charge is -2.25. The Bertz CT molecular complexity index is 303. The van der Waals surface area contributed by atoms with Gasteiger partial charge in [0, 0.05) is 19.1 Å². The van der Waals surface area contributed by atoms with Crippen LogP contribution in [0.1, 0.15) is 40.5 Å². The molecule has 1 fully saturated rings. The molecule has 1 atom stereocenters. The first kappa shape index (κ1) is 15.0. The van der Waals surface area contributed by atoms with Gasteiger partial charge in [-0.1, -0.05) is 0 Å². The monoisotopic (exact) mass is 257 g/mol. The van der Waals surface area contributed by atoms with Crippen molar-refractivity contribution in [2.24, 2.45) is 5.92 Å². The lowest BCUT2D eigenvalue weighted by Crippen LogP contribution is -2.44. The summed E-state index contributed by atoms with van der Waals surface area (Å²) in [6, 6.07) is -0.511. The maximum Gasteiger partial charge on any atom is 0.408 e. The van der Waals surface area contributed by atoms with Gasteiger partial charge in [-0.2, -0.15) is 0 Å². The zero-order chi connectivity index (χ0) is 13.8. The highest BCUT2D eigenvalue weighted by molar-refractivity contribution is 5.88. The molecule has 1 aliphatic heterocycles. The van der Waals surface area contributed by atoms with Crippen LogP contribution < -0.4 is 5.32 Å². The number of carbonyl (C=O) groups excluding carboxylic acids is 2. The third-order valence-electron chi connectivity index (χ3n) is 2.78. The molecule has 0 aliphatic carbocycles. The molecule has 0 spiro atoms. The van der Waals surface area contributed by atoms with E-state index in [-0.39, 0.29) is 11.7 Å². The van der Waals surface area contributed by atoms with Crippen molar-refractivity contribution >= 4 is 11.9 Å². The number of alkyl carbamates (subject to hydrolysis) is 1. The largest absolute Gasteiger partial charge is 0.444 e. The molecular weight excluding hydrogens is 234 g/mol. The first-order valence-corrected chi connectivity index (χ1v) is 6.40. The SMILES string of the molecule is C[C@H](NC(=O)OC(C)(C)C)C(=O)C1CCOCC1. The number of Topliss-reactive ketones (excluding diaryl/α,β-unsaturated/α-hetero) is 1. The van der Waals surface area contributed by atoms with E-state index in [0.717, 1.165) is 12.8 Å². The lowest BCUT2D eigenvalue weighted by atomic mass is 9.92. The van der Waals surface area contributed by atoms with Gasteiger partial charge in [0.1, 0.15) is 5.60 Å². The molecule has 5 heteroatoms. The number of rotatable bonds is 3. The molecule has 0 bridgehead atoms. The molecule has 104 valence electrons. The molecule has 0 aromatic heterocycles. The fourth-order valence-corrected chi connectivity index (χ4v) is 1.89. The third-order valence-corrected chi connectivity index (χ3v) is 2.78. The van der Waals surface area contributed by atoms with Crippen molar-refractivity contribution in [1.29, 1.82) is 0 Å². The van der Waals surface area contributed by atoms with E-state index in [2.05, 4.69) is 5.32 Å². The first-order chi connectivity index (χ1) is 8.29. The Kier molecular flexibility index (Phi) is 5.14. The van der Waals surface area contributed by atoms with Crippen molar-refractivity contribution in [2.75, 3.05) is 13.2 Å². The van der Waals surface area contributed by atoms with Crippen LogP contribution in [0.25, 0.3) is 0 Å². The van der Waals surface area contributed by atoms with Crippen molar-refractivity contribution in [2.45, 2.75) is 52.2 Å². The second-order valence-electron chi connectivity index (χ2n) is 5.66. The fourth-order valence-electron chi connectivity index (χ4n) is 1.89. The van der Waals surface area contributed by atoms with Crippen LogP contribution in [0.5, 0.6) is 0 Å². The minimum atomic E-state index is -0.550. The van der Waals surface area contributed by atoms with Crippen LogP contribution in [0.3, 0.4) is 0 Å². The molecule has 1 aliphatic rings. The molecule has 0 saturated carbocycles. The van der Waals surface area contributed by atoms with E-state index in [0.29, 0.717) is 13.2 Å². The van der Waals surface area contributed by atoms with Crippen LogP contribution in [0.4, 0.5) is 4.79 Å². The predicted molar refractivity (Wildman–Crippen MR) is 67.4 cm³/mol. The smallest absolute Gasteiger partial charge is 0.408 e. The Balaban J connectivity index is 2.41. The molecule has 0 radical (unpaired) electrons. The van der Waals surface area contributed by atoms with Gasteiger partial charge >= 0.3 is 6.09 Å².